The second-order valence-corrected chi connectivity index (χ2v) is 16.6. The third kappa shape index (κ3) is 53.5. The zero-order valence-electron chi connectivity index (χ0n) is 41.2. The highest BCUT2D eigenvalue weighted by atomic mass is 32.1. The molecule has 388 valence electrons. The molecule has 0 heterocycles. The van der Waals surface area contributed by atoms with E-state index in [1.165, 1.54) is 64.2 Å². The summed E-state index contributed by atoms with van der Waals surface area (Å²) in [6, 6.07) is -1.36. The Morgan fingerprint density at radius 1 is 0.606 bits per heavy atom. The maximum atomic E-state index is 12.3. The molecule has 0 saturated heterocycles. The minimum absolute atomic E-state index is 0.00171. The molecule has 17 nitrogen and oxygen atoms in total. The first kappa shape index (κ1) is 67.2. The largest absolute Gasteiger partial charge is 0.480 e. The summed E-state index contributed by atoms with van der Waals surface area (Å²) in [4.78, 5) is 59.3. The molecule has 9 N–H and O–H groups in total. The van der Waals surface area contributed by atoms with E-state index in [-0.39, 0.29) is 82.1 Å². The number of carboxylic acids is 1. The summed E-state index contributed by atoms with van der Waals surface area (Å²) in [5, 5.41) is 28.9. The minimum Gasteiger partial charge on any atom is -0.480 e. The highest BCUT2D eigenvalue weighted by molar-refractivity contribution is 7.78. The fraction of sp³-hybridized carbons (Fsp3) is 0.812. The van der Waals surface area contributed by atoms with E-state index < -0.39 is 24.0 Å². The SMILES string of the molecule is C=C.C=CCCCCCCCCCCCCCCCCC(=O)NC(CCC(=O)NCCOCCOCC(=O)NCCOCCOCC(C)NCCCCC(NS)C(N)=O)C(=O)O.CC(C)O. The predicted molar refractivity (Wildman–Crippen MR) is 267 cm³/mol. The Morgan fingerprint density at radius 2 is 1.09 bits per heavy atom. The molecule has 0 spiro atoms. The minimum atomic E-state index is -1.16. The number of rotatable bonds is 46. The number of ether oxygens (including phenoxy) is 4. The molecule has 0 aromatic heterocycles. The smallest absolute Gasteiger partial charge is 0.326 e. The monoisotopic (exact) mass is 963 g/mol. The number of carboxylic acid groups (broad SMARTS) is 1. The Bertz CT molecular complexity index is 1170. The molecule has 4 amide bonds. The summed E-state index contributed by atoms with van der Waals surface area (Å²) in [6.07, 6.45) is 22.5. The van der Waals surface area contributed by atoms with E-state index in [0.29, 0.717) is 39.4 Å². The second-order valence-electron chi connectivity index (χ2n) is 16.4. The molecular weight excluding hydrogens is 869 g/mol. The molecule has 0 aliphatic rings. The van der Waals surface area contributed by atoms with Crippen LogP contribution in [-0.4, -0.2) is 137 Å². The highest BCUT2D eigenvalue weighted by Gasteiger charge is 2.21. The standard InChI is InChI=1S/C43H82N6O10S.C3H8O.C2H4/c1-3-4-5-6-7-8-9-10-11-12-13-14-15-16-17-18-22-40(51)48-38(43(54)55)23-24-39(50)46-26-28-56-31-33-59-35-41(52)47-27-29-57-30-32-58-34-36(2)45-25-20-19-21-37(49-60)42(44)53;1-3(2)4;1-2/h3,36-38,45,49,60H,1,4-35H2,2H3,(H2,44,53)(H,46,50)(H,47,52)(H,48,51)(H,54,55);3-4H,1-2H3;1-2H2. The summed E-state index contributed by atoms with van der Waals surface area (Å²) in [6.45, 7) is 18.9. The van der Waals surface area contributed by atoms with Crippen LogP contribution in [0.2, 0.25) is 0 Å². The van der Waals surface area contributed by atoms with Crippen molar-refractivity contribution in [3.05, 3.63) is 25.8 Å². The molecule has 3 unspecified atom stereocenters. The van der Waals surface area contributed by atoms with E-state index in [4.69, 9.17) is 29.8 Å². The second kappa shape index (κ2) is 52.9. The topological polar surface area (TPSA) is 249 Å². The van der Waals surface area contributed by atoms with E-state index in [2.05, 4.69) is 58.5 Å². The third-order valence-electron chi connectivity index (χ3n) is 9.75. The van der Waals surface area contributed by atoms with Crippen molar-refractivity contribution in [3.8, 4) is 0 Å². The van der Waals surface area contributed by atoms with Gasteiger partial charge in [-0.3, -0.25) is 23.9 Å². The van der Waals surface area contributed by atoms with Crippen LogP contribution in [-0.2, 0) is 42.9 Å². The van der Waals surface area contributed by atoms with Crippen LogP contribution < -0.4 is 31.7 Å². The summed E-state index contributed by atoms with van der Waals surface area (Å²) in [5.74, 6) is -2.47. The Morgan fingerprint density at radius 3 is 1.59 bits per heavy atom. The summed E-state index contributed by atoms with van der Waals surface area (Å²) < 4.78 is 24.4. The van der Waals surface area contributed by atoms with Crippen molar-refractivity contribution in [1.29, 1.82) is 0 Å². The Hall–Kier alpha value is -3.10. The van der Waals surface area contributed by atoms with Crippen molar-refractivity contribution in [3.63, 3.8) is 0 Å². The number of nitrogens with two attached hydrogens (primary N) is 1. The van der Waals surface area contributed by atoms with E-state index in [9.17, 15) is 29.1 Å². The average Bonchev–Trinajstić information content (AvgIpc) is 3.28. The van der Waals surface area contributed by atoms with E-state index in [1.807, 2.05) is 13.0 Å². The van der Waals surface area contributed by atoms with Crippen molar-refractivity contribution < 1.29 is 53.1 Å². The lowest BCUT2D eigenvalue weighted by Gasteiger charge is -2.15. The number of aliphatic hydroxyl groups excluding tert-OH is 1. The molecule has 0 fully saturated rings. The molecule has 0 bridgehead atoms. The van der Waals surface area contributed by atoms with Gasteiger partial charge >= 0.3 is 5.97 Å². The van der Waals surface area contributed by atoms with E-state index in [1.54, 1.807) is 13.8 Å². The molecule has 0 aromatic rings. The number of amides is 4. The summed E-state index contributed by atoms with van der Waals surface area (Å²) in [5.41, 5.74) is 5.28. The number of carbonyl (C=O) groups is 5. The van der Waals surface area contributed by atoms with Crippen LogP contribution >= 0.6 is 12.8 Å². The number of carbonyl (C=O) groups excluding carboxylic acids is 4. The van der Waals surface area contributed by atoms with Crippen molar-refractivity contribution in [2.45, 2.75) is 180 Å². The van der Waals surface area contributed by atoms with Crippen LogP contribution in [0, 0.1) is 0 Å². The zero-order valence-corrected chi connectivity index (χ0v) is 42.1. The van der Waals surface area contributed by atoms with Gasteiger partial charge in [0.1, 0.15) is 12.6 Å². The fourth-order valence-corrected chi connectivity index (χ4v) is 6.43. The lowest BCUT2D eigenvalue weighted by Crippen LogP contribution is -2.41. The first-order valence-electron chi connectivity index (χ1n) is 24.4. The van der Waals surface area contributed by atoms with Crippen LogP contribution in [0.1, 0.15) is 156 Å². The van der Waals surface area contributed by atoms with Gasteiger partial charge in [0.05, 0.1) is 52.3 Å². The first-order chi connectivity index (χ1) is 31.8. The summed E-state index contributed by atoms with van der Waals surface area (Å²) in [7, 11) is 0. The molecule has 0 saturated carbocycles. The predicted octanol–water partition coefficient (Wildman–Crippen LogP) is 5.69. The van der Waals surface area contributed by atoms with E-state index >= 15 is 0 Å². The average molecular weight is 963 g/mol. The maximum absolute atomic E-state index is 12.3. The molecule has 0 rings (SSSR count). The highest BCUT2D eigenvalue weighted by Crippen LogP contribution is 2.14. The number of unbranched alkanes of at least 4 members (excludes halogenated alkanes) is 15. The first-order valence-corrected chi connectivity index (χ1v) is 24.9. The number of nitrogens with one attached hydrogen (secondary N) is 5. The maximum Gasteiger partial charge on any atom is 0.326 e. The Balaban J connectivity index is -0.00000624. The van der Waals surface area contributed by atoms with Crippen LogP contribution in [0.4, 0.5) is 0 Å². The molecule has 66 heavy (non-hydrogen) atoms. The van der Waals surface area contributed by atoms with Gasteiger partial charge in [-0.1, -0.05) is 102 Å². The number of aliphatic carboxylic acids is 1. The number of hydrogen-bond acceptors (Lipinski definition) is 13. The van der Waals surface area contributed by atoms with Crippen LogP contribution in [0.25, 0.3) is 0 Å². The fourth-order valence-electron chi connectivity index (χ4n) is 6.18. The number of aliphatic hydroxyl groups is 1. The number of allylic oxidation sites excluding steroid dienone is 1. The lowest BCUT2D eigenvalue weighted by molar-refractivity contribution is -0.142. The van der Waals surface area contributed by atoms with Gasteiger partial charge in [0.2, 0.25) is 23.6 Å². The van der Waals surface area contributed by atoms with Crippen molar-refractivity contribution in [2.75, 3.05) is 72.5 Å². The van der Waals surface area contributed by atoms with Crippen LogP contribution in [0.15, 0.2) is 25.8 Å². The number of primary amides is 1. The summed E-state index contributed by atoms with van der Waals surface area (Å²) >= 11 is 3.91. The Kier molecular flexibility index (Phi) is 53.8. The molecular formula is C48H94N6O11S. The number of hydrogen-bond donors (Lipinski definition) is 9. The van der Waals surface area contributed by atoms with Gasteiger partial charge in [-0.05, 0) is 65.8 Å². The van der Waals surface area contributed by atoms with Gasteiger partial charge < -0.3 is 56.2 Å². The van der Waals surface area contributed by atoms with Gasteiger partial charge in [-0.15, -0.1) is 19.7 Å². The molecule has 18 heteroatoms. The number of thiol groups is 1. The van der Waals surface area contributed by atoms with Gasteiger partial charge in [-0.25, -0.2) is 4.79 Å². The molecule has 0 aliphatic heterocycles. The van der Waals surface area contributed by atoms with Gasteiger partial charge in [0.15, 0.2) is 0 Å². The molecule has 0 radical (unpaired) electrons. The molecule has 0 aromatic carbocycles. The molecule has 3 atom stereocenters. The van der Waals surface area contributed by atoms with Gasteiger partial charge in [-0.2, -0.15) is 0 Å². The van der Waals surface area contributed by atoms with Crippen molar-refractivity contribution in [2.24, 2.45) is 5.73 Å². The van der Waals surface area contributed by atoms with E-state index in [0.717, 1.165) is 51.5 Å². The van der Waals surface area contributed by atoms with Crippen molar-refractivity contribution >= 4 is 42.4 Å². The van der Waals surface area contributed by atoms with Crippen molar-refractivity contribution in [1.82, 2.24) is 26.0 Å². The van der Waals surface area contributed by atoms with Crippen LogP contribution in [0.5, 0.6) is 0 Å². The quantitative estimate of drug-likeness (QED) is 0.0203. The Labute approximate surface area is 404 Å². The van der Waals surface area contributed by atoms with Gasteiger partial charge in [0, 0.05) is 38.1 Å². The third-order valence-corrected chi connectivity index (χ3v) is 10.1. The lowest BCUT2D eigenvalue weighted by atomic mass is 10.0. The molecule has 0 aliphatic carbocycles. The van der Waals surface area contributed by atoms with Gasteiger partial charge in [0.25, 0.3) is 0 Å². The van der Waals surface area contributed by atoms with Crippen LogP contribution in [0.3, 0.4) is 0 Å². The zero-order chi connectivity index (χ0) is 49.9. The normalized spacial score (nSPS) is 12.2.